The Morgan fingerprint density at radius 1 is 1.35 bits per heavy atom. The number of aromatic nitrogens is 1. The van der Waals surface area contributed by atoms with E-state index in [2.05, 4.69) is 70.3 Å². The van der Waals surface area contributed by atoms with Crippen LogP contribution in [0.25, 0.3) is 10.9 Å². The lowest BCUT2D eigenvalue weighted by Crippen LogP contribution is -2.43. The predicted molar refractivity (Wildman–Crippen MR) is 111 cm³/mol. The molecule has 5 nitrogen and oxygen atoms in total. The van der Waals surface area contributed by atoms with E-state index in [0.29, 0.717) is 6.04 Å². The normalized spacial score (nSPS) is 18.3. The van der Waals surface area contributed by atoms with Crippen LogP contribution in [0, 0.1) is 6.92 Å². The van der Waals surface area contributed by atoms with Crippen molar-refractivity contribution in [2.45, 2.75) is 39.7 Å². The van der Waals surface area contributed by atoms with E-state index in [-0.39, 0.29) is 0 Å². The second kappa shape index (κ2) is 8.58. The molecule has 26 heavy (non-hydrogen) atoms. The average molecular weight is 356 g/mol. The number of para-hydroxylation sites is 1. The van der Waals surface area contributed by atoms with Gasteiger partial charge in [0.25, 0.3) is 0 Å². The van der Waals surface area contributed by atoms with Crippen molar-refractivity contribution >= 4 is 16.9 Å². The van der Waals surface area contributed by atoms with Crippen molar-refractivity contribution in [3.8, 4) is 0 Å². The van der Waals surface area contributed by atoms with Crippen LogP contribution in [0.15, 0.2) is 29.4 Å². The maximum atomic E-state index is 4.52. The summed E-state index contributed by atoms with van der Waals surface area (Å²) >= 11 is 0. The first-order valence-electron chi connectivity index (χ1n) is 9.93. The van der Waals surface area contributed by atoms with Gasteiger partial charge in [-0.1, -0.05) is 32.0 Å². The Labute approximate surface area is 157 Å². The van der Waals surface area contributed by atoms with E-state index >= 15 is 0 Å². The highest BCUT2D eigenvalue weighted by Gasteiger charge is 2.27. The number of hydrogen-bond donors (Lipinski definition) is 2. The lowest BCUT2D eigenvalue weighted by molar-refractivity contribution is 0.223. The number of fused-ring (bicyclic) bond motifs is 1. The van der Waals surface area contributed by atoms with Gasteiger partial charge in [-0.15, -0.1) is 0 Å². The highest BCUT2D eigenvalue weighted by Crippen LogP contribution is 2.21. The molecule has 1 aliphatic rings. The van der Waals surface area contributed by atoms with Crippen molar-refractivity contribution in [2.75, 3.05) is 39.8 Å². The quantitative estimate of drug-likeness (QED) is 0.618. The SMILES string of the molecule is CCN(CC)C1CCN(C(=NC)NCCc2c[nH]c3c(C)cccc23)C1. The average Bonchev–Trinajstić information content (AvgIpc) is 3.28. The van der Waals surface area contributed by atoms with Gasteiger partial charge in [-0.2, -0.15) is 0 Å². The molecule has 1 aliphatic heterocycles. The van der Waals surface area contributed by atoms with Gasteiger partial charge in [-0.25, -0.2) is 0 Å². The summed E-state index contributed by atoms with van der Waals surface area (Å²) < 4.78 is 0. The molecule has 1 aromatic heterocycles. The van der Waals surface area contributed by atoms with Gasteiger partial charge >= 0.3 is 0 Å². The molecule has 5 heteroatoms. The van der Waals surface area contributed by atoms with Crippen molar-refractivity contribution in [3.63, 3.8) is 0 Å². The number of aliphatic imine (C=N–C) groups is 1. The number of benzene rings is 1. The number of likely N-dealkylation sites (tertiary alicyclic amines) is 1. The molecule has 0 radical (unpaired) electrons. The van der Waals surface area contributed by atoms with Gasteiger partial charge in [-0.3, -0.25) is 9.89 Å². The molecule has 1 aromatic carbocycles. The van der Waals surface area contributed by atoms with Gasteiger partial charge in [0.2, 0.25) is 0 Å². The minimum Gasteiger partial charge on any atom is -0.361 e. The first kappa shape index (κ1) is 18.8. The molecule has 2 aromatic rings. The molecule has 0 amide bonds. The van der Waals surface area contributed by atoms with Gasteiger partial charge < -0.3 is 15.2 Å². The Hall–Kier alpha value is -2.01. The molecule has 0 saturated carbocycles. The molecule has 142 valence electrons. The predicted octanol–water partition coefficient (Wildman–Crippen LogP) is 3.01. The molecule has 2 heterocycles. The fourth-order valence-corrected chi connectivity index (χ4v) is 4.18. The number of aromatic amines is 1. The number of guanidine groups is 1. The van der Waals surface area contributed by atoms with E-state index in [4.69, 9.17) is 0 Å². The third-order valence-corrected chi connectivity index (χ3v) is 5.69. The lowest BCUT2D eigenvalue weighted by atomic mass is 10.1. The maximum absolute atomic E-state index is 4.52. The summed E-state index contributed by atoms with van der Waals surface area (Å²) in [4.78, 5) is 12.9. The number of nitrogens with one attached hydrogen (secondary N) is 2. The zero-order valence-corrected chi connectivity index (χ0v) is 16.7. The van der Waals surface area contributed by atoms with Crippen molar-refractivity contribution in [1.29, 1.82) is 0 Å². The van der Waals surface area contributed by atoms with E-state index in [1.165, 1.54) is 28.5 Å². The summed E-state index contributed by atoms with van der Waals surface area (Å²) in [6.07, 6.45) is 4.37. The summed E-state index contributed by atoms with van der Waals surface area (Å²) in [5.41, 5.74) is 3.93. The second-order valence-electron chi connectivity index (χ2n) is 7.15. The van der Waals surface area contributed by atoms with Crippen LogP contribution < -0.4 is 5.32 Å². The molecule has 3 rings (SSSR count). The fourth-order valence-electron chi connectivity index (χ4n) is 4.18. The van der Waals surface area contributed by atoms with Crippen LogP contribution in [0.4, 0.5) is 0 Å². The fraction of sp³-hybridized carbons (Fsp3) is 0.571. The van der Waals surface area contributed by atoms with Crippen molar-refractivity contribution in [3.05, 3.63) is 35.5 Å². The summed E-state index contributed by atoms with van der Waals surface area (Å²) in [5, 5.41) is 4.91. The third-order valence-electron chi connectivity index (χ3n) is 5.69. The van der Waals surface area contributed by atoms with Crippen LogP contribution in [0.2, 0.25) is 0 Å². The van der Waals surface area contributed by atoms with E-state index in [1.807, 2.05) is 7.05 Å². The zero-order valence-electron chi connectivity index (χ0n) is 16.7. The van der Waals surface area contributed by atoms with Crippen LogP contribution in [0.5, 0.6) is 0 Å². The molecular weight excluding hydrogens is 322 g/mol. The van der Waals surface area contributed by atoms with Crippen LogP contribution in [-0.2, 0) is 6.42 Å². The summed E-state index contributed by atoms with van der Waals surface area (Å²) in [5.74, 6) is 1.04. The smallest absolute Gasteiger partial charge is 0.193 e. The Kier molecular flexibility index (Phi) is 6.20. The third kappa shape index (κ3) is 3.88. The zero-order chi connectivity index (χ0) is 18.5. The maximum Gasteiger partial charge on any atom is 0.193 e. The van der Waals surface area contributed by atoms with Crippen molar-refractivity contribution in [2.24, 2.45) is 4.99 Å². The van der Waals surface area contributed by atoms with Crippen LogP contribution in [-0.4, -0.2) is 66.6 Å². The van der Waals surface area contributed by atoms with Crippen LogP contribution >= 0.6 is 0 Å². The van der Waals surface area contributed by atoms with E-state index in [1.54, 1.807) is 0 Å². The highest BCUT2D eigenvalue weighted by atomic mass is 15.3. The number of nitrogens with zero attached hydrogens (tertiary/aromatic N) is 3. The molecule has 1 unspecified atom stereocenters. The van der Waals surface area contributed by atoms with Crippen LogP contribution in [0.3, 0.4) is 0 Å². The molecule has 0 bridgehead atoms. The van der Waals surface area contributed by atoms with Crippen molar-refractivity contribution in [1.82, 2.24) is 20.1 Å². The minimum atomic E-state index is 0.653. The van der Waals surface area contributed by atoms with E-state index in [0.717, 1.165) is 45.1 Å². The minimum absolute atomic E-state index is 0.653. The Morgan fingerprint density at radius 2 is 2.15 bits per heavy atom. The standard InChI is InChI=1S/C21H33N5/c1-5-25(6-2)18-11-13-26(15-18)21(22-4)23-12-10-17-14-24-20-16(3)8-7-9-19(17)20/h7-9,14,18,24H,5-6,10-13,15H2,1-4H3,(H,22,23). The van der Waals surface area contributed by atoms with E-state index in [9.17, 15) is 0 Å². The monoisotopic (exact) mass is 355 g/mol. The van der Waals surface area contributed by atoms with E-state index < -0.39 is 0 Å². The highest BCUT2D eigenvalue weighted by molar-refractivity contribution is 5.86. The number of hydrogen-bond acceptors (Lipinski definition) is 2. The molecule has 1 fully saturated rings. The van der Waals surface area contributed by atoms with Gasteiger partial charge in [0, 0.05) is 49.8 Å². The molecule has 1 saturated heterocycles. The van der Waals surface area contributed by atoms with Crippen LogP contribution in [0.1, 0.15) is 31.4 Å². The van der Waals surface area contributed by atoms with Crippen molar-refractivity contribution < 1.29 is 0 Å². The number of rotatable bonds is 6. The van der Waals surface area contributed by atoms with Gasteiger partial charge in [-0.05, 0) is 44.0 Å². The van der Waals surface area contributed by atoms with Gasteiger partial charge in [0.15, 0.2) is 5.96 Å². The topological polar surface area (TPSA) is 46.7 Å². The summed E-state index contributed by atoms with van der Waals surface area (Å²) in [6, 6.07) is 7.15. The Morgan fingerprint density at radius 3 is 2.88 bits per heavy atom. The number of aryl methyl sites for hydroxylation is 1. The molecule has 0 aliphatic carbocycles. The molecular formula is C21H33N5. The number of H-pyrrole nitrogens is 1. The Bertz CT molecular complexity index is 744. The first-order valence-corrected chi connectivity index (χ1v) is 9.93. The Balaban J connectivity index is 1.56. The van der Waals surface area contributed by atoms with Gasteiger partial charge in [0.05, 0.1) is 0 Å². The second-order valence-corrected chi connectivity index (χ2v) is 7.15. The number of likely N-dealkylation sites (N-methyl/N-ethyl adjacent to an activating group) is 1. The summed E-state index contributed by atoms with van der Waals surface area (Å²) in [7, 11) is 1.89. The lowest BCUT2D eigenvalue weighted by Gasteiger charge is -2.27. The van der Waals surface area contributed by atoms with Gasteiger partial charge in [0.1, 0.15) is 0 Å². The largest absolute Gasteiger partial charge is 0.361 e. The summed E-state index contributed by atoms with van der Waals surface area (Å²) in [6.45, 7) is 12.0. The molecule has 1 atom stereocenters. The first-order chi connectivity index (χ1) is 12.7. The molecule has 0 spiro atoms. The molecule has 2 N–H and O–H groups in total.